The van der Waals surface area contributed by atoms with Gasteiger partial charge in [-0.15, -0.1) is 5.10 Å². The standard InChI is InChI=1S/C16H20N6O2/c1-12-3-4-14(19-18-12)20-5-7-21(8-6-20)16(24)10-22-11-17-13(2)9-15(22)23/h3-4,9,11H,5-8,10H2,1-2H3. The molecule has 1 aliphatic heterocycles. The van der Waals surface area contributed by atoms with E-state index in [9.17, 15) is 9.59 Å². The van der Waals surface area contributed by atoms with E-state index in [1.165, 1.54) is 17.0 Å². The molecule has 0 atom stereocenters. The number of piperazine rings is 1. The smallest absolute Gasteiger partial charge is 0.253 e. The summed E-state index contributed by atoms with van der Waals surface area (Å²) in [7, 11) is 0. The normalized spacial score (nSPS) is 14.8. The molecule has 0 bridgehead atoms. The van der Waals surface area contributed by atoms with Gasteiger partial charge in [0.15, 0.2) is 5.82 Å². The van der Waals surface area contributed by atoms with Gasteiger partial charge in [-0.1, -0.05) is 0 Å². The Morgan fingerprint density at radius 2 is 1.83 bits per heavy atom. The second kappa shape index (κ2) is 6.77. The van der Waals surface area contributed by atoms with Gasteiger partial charge in [-0.3, -0.25) is 14.2 Å². The van der Waals surface area contributed by atoms with Gasteiger partial charge in [0, 0.05) is 37.9 Å². The van der Waals surface area contributed by atoms with Crippen LogP contribution in [0.3, 0.4) is 0 Å². The molecule has 1 saturated heterocycles. The first-order chi connectivity index (χ1) is 11.5. The van der Waals surface area contributed by atoms with Crippen molar-refractivity contribution < 1.29 is 4.79 Å². The first kappa shape index (κ1) is 16.1. The fraction of sp³-hybridized carbons (Fsp3) is 0.438. The highest BCUT2D eigenvalue weighted by molar-refractivity contribution is 5.76. The van der Waals surface area contributed by atoms with Crippen LogP contribution in [0.2, 0.25) is 0 Å². The zero-order valence-corrected chi connectivity index (χ0v) is 13.8. The van der Waals surface area contributed by atoms with Gasteiger partial charge in [0.05, 0.1) is 12.0 Å². The second-order valence-corrected chi connectivity index (χ2v) is 5.90. The summed E-state index contributed by atoms with van der Waals surface area (Å²) >= 11 is 0. The minimum atomic E-state index is -0.204. The largest absolute Gasteiger partial charge is 0.352 e. The van der Waals surface area contributed by atoms with Crippen molar-refractivity contribution in [2.45, 2.75) is 20.4 Å². The topological polar surface area (TPSA) is 84.2 Å². The van der Waals surface area contributed by atoms with Crippen LogP contribution in [0.1, 0.15) is 11.4 Å². The number of hydrogen-bond donors (Lipinski definition) is 0. The minimum absolute atomic E-state index is 0.0243. The first-order valence-corrected chi connectivity index (χ1v) is 7.89. The SMILES string of the molecule is Cc1cc(=O)n(CC(=O)N2CCN(c3ccc(C)nn3)CC2)cn1. The zero-order valence-electron chi connectivity index (χ0n) is 13.8. The van der Waals surface area contributed by atoms with Gasteiger partial charge in [0.2, 0.25) is 5.91 Å². The van der Waals surface area contributed by atoms with Crippen LogP contribution in [0.4, 0.5) is 5.82 Å². The van der Waals surface area contributed by atoms with Crippen molar-refractivity contribution >= 4 is 11.7 Å². The predicted molar refractivity (Wildman–Crippen MR) is 88.8 cm³/mol. The molecule has 8 nitrogen and oxygen atoms in total. The van der Waals surface area contributed by atoms with Crippen molar-refractivity contribution in [1.82, 2.24) is 24.6 Å². The Labute approximate surface area is 139 Å². The Morgan fingerprint density at radius 1 is 1.08 bits per heavy atom. The zero-order chi connectivity index (χ0) is 17.1. The van der Waals surface area contributed by atoms with Crippen LogP contribution in [-0.4, -0.2) is 56.7 Å². The molecule has 1 aliphatic rings. The van der Waals surface area contributed by atoms with E-state index in [1.54, 1.807) is 11.8 Å². The van der Waals surface area contributed by atoms with Crippen LogP contribution in [0.25, 0.3) is 0 Å². The molecule has 0 N–H and O–H groups in total. The number of anilines is 1. The average Bonchev–Trinajstić information content (AvgIpc) is 2.58. The number of carbonyl (C=O) groups is 1. The van der Waals surface area contributed by atoms with Gasteiger partial charge in [-0.25, -0.2) is 4.98 Å². The lowest BCUT2D eigenvalue weighted by molar-refractivity contribution is -0.132. The van der Waals surface area contributed by atoms with Gasteiger partial charge in [-0.05, 0) is 26.0 Å². The van der Waals surface area contributed by atoms with Crippen molar-refractivity contribution in [3.63, 3.8) is 0 Å². The van der Waals surface area contributed by atoms with E-state index >= 15 is 0 Å². The number of hydrogen-bond acceptors (Lipinski definition) is 6. The number of nitrogens with zero attached hydrogens (tertiary/aromatic N) is 6. The van der Waals surface area contributed by atoms with Crippen LogP contribution >= 0.6 is 0 Å². The van der Waals surface area contributed by atoms with Gasteiger partial charge in [-0.2, -0.15) is 5.10 Å². The third-order valence-electron chi connectivity index (χ3n) is 4.06. The number of rotatable bonds is 3. The van der Waals surface area contributed by atoms with Crippen molar-refractivity contribution in [3.05, 3.63) is 46.3 Å². The minimum Gasteiger partial charge on any atom is -0.352 e. The maximum Gasteiger partial charge on any atom is 0.253 e. The van der Waals surface area contributed by atoms with Crippen LogP contribution in [-0.2, 0) is 11.3 Å². The molecule has 0 aromatic carbocycles. The molecule has 0 aliphatic carbocycles. The van der Waals surface area contributed by atoms with Crippen LogP contribution in [0.5, 0.6) is 0 Å². The third-order valence-corrected chi connectivity index (χ3v) is 4.06. The summed E-state index contributed by atoms with van der Waals surface area (Å²) in [6.07, 6.45) is 1.42. The molecule has 3 heterocycles. The van der Waals surface area contributed by atoms with E-state index in [2.05, 4.69) is 20.1 Å². The molecular formula is C16H20N6O2. The summed E-state index contributed by atoms with van der Waals surface area (Å²) in [4.78, 5) is 32.2. The van der Waals surface area contributed by atoms with Gasteiger partial charge in [0.1, 0.15) is 6.54 Å². The Bertz CT molecular complexity index is 778. The molecular weight excluding hydrogens is 308 g/mol. The van der Waals surface area contributed by atoms with Gasteiger partial charge < -0.3 is 9.80 Å². The molecule has 2 aromatic heterocycles. The molecule has 1 fully saturated rings. The lowest BCUT2D eigenvalue weighted by atomic mass is 10.3. The number of aryl methyl sites for hydroxylation is 2. The molecule has 126 valence electrons. The van der Waals surface area contributed by atoms with E-state index < -0.39 is 0 Å². The summed E-state index contributed by atoms with van der Waals surface area (Å²) in [5.74, 6) is 0.754. The summed E-state index contributed by atoms with van der Waals surface area (Å²) in [6, 6.07) is 5.30. The summed E-state index contributed by atoms with van der Waals surface area (Å²) < 4.78 is 1.34. The molecule has 0 unspecified atom stereocenters. The second-order valence-electron chi connectivity index (χ2n) is 5.90. The van der Waals surface area contributed by atoms with E-state index in [4.69, 9.17) is 0 Å². The van der Waals surface area contributed by atoms with Crippen LogP contribution < -0.4 is 10.5 Å². The maximum absolute atomic E-state index is 12.4. The van der Waals surface area contributed by atoms with Crippen molar-refractivity contribution in [2.75, 3.05) is 31.1 Å². The fourth-order valence-corrected chi connectivity index (χ4v) is 2.63. The van der Waals surface area contributed by atoms with Crippen molar-refractivity contribution in [1.29, 1.82) is 0 Å². The molecule has 8 heteroatoms. The van der Waals surface area contributed by atoms with E-state index in [-0.39, 0.29) is 18.0 Å². The lowest BCUT2D eigenvalue weighted by Gasteiger charge is -2.35. The summed E-state index contributed by atoms with van der Waals surface area (Å²) in [5, 5.41) is 8.24. The van der Waals surface area contributed by atoms with Crippen LogP contribution in [0, 0.1) is 13.8 Å². The van der Waals surface area contributed by atoms with Gasteiger partial charge >= 0.3 is 0 Å². The maximum atomic E-state index is 12.4. The highest BCUT2D eigenvalue weighted by atomic mass is 16.2. The monoisotopic (exact) mass is 328 g/mol. The Balaban J connectivity index is 1.59. The van der Waals surface area contributed by atoms with Crippen molar-refractivity contribution in [2.24, 2.45) is 0 Å². The predicted octanol–water partition coefficient (Wildman–Crippen LogP) is -0.00106. The van der Waals surface area contributed by atoms with Gasteiger partial charge in [0.25, 0.3) is 5.56 Å². The molecule has 0 radical (unpaired) electrons. The Kier molecular flexibility index (Phi) is 4.54. The highest BCUT2D eigenvalue weighted by Gasteiger charge is 2.22. The average molecular weight is 328 g/mol. The number of aromatic nitrogens is 4. The van der Waals surface area contributed by atoms with Crippen LogP contribution in [0.15, 0.2) is 29.3 Å². The molecule has 2 aromatic rings. The number of carbonyl (C=O) groups excluding carboxylic acids is 1. The highest BCUT2D eigenvalue weighted by Crippen LogP contribution is 2.12. The molecule has 0 spiro atoms. The molecule has 3 rings (SSSR count). The number of amides is 1. The summed E-state index contributed by atoms with van der Waals surface area (Å²) in [5.41, 5.74) is 1.32. The first-order valence-electron chi connectivity index (χ1n) is 7.89. The van der Waals surface area contributed by atoms with E-state index in [1.807, 2.05) is 19.1 Å². The molecule has 0 saturated carbocycles. The molecule has 24 heavy (non-hydrogen) atoms. The van der Waals surface area contributed by atoms with E-state index in [0.29, 0.717) is 31.9 Å². The summed E-state index contributed by atoms with van der Waals surface area (Å²) in [6.45, 7) is 6.27. The fourth-order valence-electron chi connectivity index (χ4n) is 2.63. The lowest BCUT2D eigenvalue weighted by Crippen LogP contribution is -2.50. The van der Waals surface area contributed by atoms with E-state index in [0.717, 1.165) is 11.5 Å². The Morgan fingerprint density at radius 3 is 2.46 bits per heavy atom. The Hall–Kier alpha value is -2.77. The quantitative estimate of drug-likeness (QED) is 0.788. The van der Waals surface area contributed by atoms with Crippen molar-refractivity contribution in [3.8, 4) is 0 Å². The third kappa shape index (κ3) is 3.58. The molecule has 1 amide bonds.